The van der Waals surface area contributed by atoms with Gasteiger partial charge in [-0.2, -0.15) is 0 Å². The van der Waals surface area contributed by atoms with E-state index in [0.29, 0.717) is 6.04 Å². The van der Waals surface area contributed by atoms with E-state index in [4.69, 9.17) is 11.4 Å². The Morgan fingerprint density at radius 1 is 1.03 bits per heavy atom. The van der Waals surface area contributed by atoms with Gasteiger partial charge in [0.15, 0.2) is 0 Å². The maximum Gasteiger partial charge on any atom is 0.136 e. The summed E-state index contributed by atoms with van der Waals surface area (Å²) in [6, 6.07) is 15.6. The van der Waals surface area contributed by atoms with Gasteiger partial charge in [0.25, 0.3) is 0 Å². The second-order valence-corrected chi connectivity index (χ2v) is 9.47. The van der Waals surface area contributed by atoms with Crippen LogP contribution in [0.1, 0.15) is 54.3 Å². The molecule has 1 saturated heterocycles. The molecule has 0 radical (unpaired) electrons. The Morgan fingerprint density at radius 2 is 1.86 bits per heavy atom. The molecule has 3 heterocycles. The van der Waals surface area contributed by atoms with Gasteiger partial charge in [0.1, 0.15) is 17.7 Å². The second-order valence-electron chi connectivity index (χ2n) is 9.47. The van der Waals surface area contributed by atoms with Crippen LogP contribution in [0.15, 0.2) is 48.7 Å². The zero-order chi connectivity index (χ0) is 23.8. The van der Waals surface area contributed by atoms with Crippen LogP contribution in [-0.4, -0.2) is 33.5 Å². The minimum absolute atomic E-state index is 0.219. The molecule has 0 unspecified atom stereocenters. The summed E-state index contributed by atoms with van der Waals surface area (Å²) >= 11 is 0. The molecule has 1 aliphatic carbocycles. The molecule has 2 aliphatic rings. The molecule has 4 N–H and O–H groups in total. The van der Waals surface area contributed by atoms with E-state index in [-0.39, 0.29) is 6.04 Å². The van der Waals surface area contributed by atoms with E-state index in [1.165, 1.54) is 34.4 Å². The van der Waals surface area contributed by atoms with Gasteiger partial charge in [0, 0.05) is 11.3 Å². The van der Waals surface area contributed by atoms with E-state index in [1.807, 2.05) is 13.2 Å². The van der Waals surface area contributed by atoms with Crippen LogP contribution in [0.5, 0.6) is 0 Å². The highest BCUT2D eigenvalue weighted by Gasteiger charge is 2.24. The van der Waals surface area contributed by atoms with Gasteiger partial charge in [0.05, 0.1) is 23.6 Å². The molecule has 0 saturated carbocycles. The number of rotatable bonds is 5. The van der Waals surface area contributed by atoms with Crippen LogP contribution >= 0.6 is 0 Å². The monoisotopic (exact) mass is 462 g/mol. The summed E-state index contributed by atoms with van der Waals surface area (Å²) in [4.78, 5) is 16.5. The lowest BCUT2D eigenvalue weighted by Crippen LogP contribution is -2.15. The quantitative estimate of drug-likeness (QED) is 0.317. The first-order valence-electron chi connectivity index (χ1n) is 12.5. The Kier molecular flexibility index (Phi) is 5.73. The Bertz CT molecular complexity index is 1380. The summed E-state index contributed by atoms with van der Waals surface area (Å²) in [6.07, 6.45) is 13.1. The minimum Gasteiger partial charge on any atom is -0.344 e. The molecule has 0 amide bonds. The van der Waals surface area contributed by atoms with Gasteiger partial charge in [-0.1, -0.05) is 48.4 Å². The van der Waals surface area contributed by atoms with Crippen LogP contribution in [0.25, 0.3) is 33.6 Å². The van der Waals surface area contributed by atoms with Crippen molar-refractivity contribution in [2.24, 2.45) is 0 Å². The molecule has 0 spiro atoms. The van der Waals surface area contributed by atoms with Crippen LogP contribution in [-0.2, 0) is 12.8 Å². The number of fused-ring (bicyclic) bond motifs is 3. The number of H-pyrrole nitrogens is 2. The molecule has 1 fully saturated rings. The van der Waals surface area contributed by atoms with Crippen molar-refractivity contribution in [1.82, 2.24) is 30.6 Å². The predicted molar refractivity (Wildman–Crippen MR) is 140 cm³/mol. The smallest absolute Gasteiger partial charge is 0.136 e. The molecule has 2 atom stereocenters. The fourth-order valence-electron chi connectivity index (χ4n) is 5.35. The van der Waals surface area contributed by atoms with Crippen LogP contribution in [0.2, 0.25) is 0 Å². The standard InChI is InChI=1S/C29H30N6/c1-3-23(30-2)28-32-17-26(34-28)19-11-9-18(10-12-19)20-13-14-22-21(16-20)6-4-7-24-27(22)35-29(33-24)25-8-5-15-31-25/h1,9-14,16-17,23,25,30-31H,4-8,15H2,2H3,(H,32,34)(H,33,35)/t23-,25-/m0/s1. The zero-order valence-corrected chi connectivity index (χ0v) is 20.0. The van der Waals surface area contributed by atoms with Crippen molar-refractivity contribution in [1.29, 1.82) is 0 Å². The average Bonchev–Trinajstić information content (AvgIpc) is 3.65. The lowest BCUT2D eigenvalue weighted by Gasteiger charge is -2.10. The van der Waals surface area contributed by atoms with E-state index >= 15 is 0 Å². The van der Waals surface area contributed by atoms with Gasteiger partial charge in [-0.15, -0.1) is 6.42 Å². The highest BCUT2D eigenvalue weighted by Crippen LogP contribution is 2.36. The topological polar surface area (TPSA) is 81.4 Å². The summed E-state index contributed by atoms with van der Waals surface area (Å²) in [6.45, 7) is 1.08. The molecule has 6 rings (SSSR count). The average molecular weight is 463 g/mol. The van der Waals surface area contributed by atoms with Crippen molar-refractivity contribution in [2.75, 3.05) is 13.6 Å². The molecule has 0 bridgehead atoms. The number of benzene rings is 2. The first-order chi connectivity index (χ1) is 17.2. The zero-order valence-electron chi connectivity index (χ0n) is 20.0. The van der Waals surface area contributed by atoms with Gasteiger partial charge < -0.3 is 20.6 Å². The van der Waals surface area contributed by atoms with Crippen LogP contribution in [0, 0.1) is 12.3 Å². The summed E-state index contributed by atoms with van der Waals surface area (Å²) in [7, 11) is 1.83. The lowest BCUT2D eigenvalue weighted by atomic mass is 9.95. The highest BCUT2D eigenvalue weighted by atomic mass is 15.0. The fourth-order valence-corrected chi connectivity index (χ4v) is 5.35. The van der Waals surface area contributed by atoms with Gasteiger partial charge in [-0.3, -0.25) is 0 Å². The largest absolute Gasteiger partial charge is 0.344 e. The molecular formula is C29H30N6. The second kappa shape index (κ2) is 9.18. The SMILES string of the molecule is C#C[C@H](NC)c1ncc(-c2ccc(-c3ccc4c(c3)CCCc3[nH]c([C@@H]5CCCN5)nc3-4)cc2)[nH]1. The van der Waals surface area contributed by atoms with E-state index in [9.17, 15) is 0 Å². The number of aromatic nitrogens is 4. The first kappa shape index (κ1) is 21.8. The van der Waals surface area contributed by atoms with Gasteiger partial charge in [0.2, 0.25) is 0 Å². The first-order valence-corrected chi connectivity index (χ1v) is 12.5. The summed E-state index contributed by atoms with van der Waals surface area (Å²) < 4.78 is 0. The van der Waals surface area contributed by atoms with Gasteiger partial charge in [-0.05, 0) is 68.0 Å². The van der Waals surface area contributed by atoms with Crippen molar-refractivity contribution in [2.45, 2.75) is 44.2 Å². The van der Waals surface area contributed by atoms with Crippen molar-refractivity contribution in [3.05, 3.63) is 71.6 Å². The van der Waals surface area contributed by atoms with Gasteiger partial charge in [-0.25, -0.2) is 9.97 Å². The minimum atomic E-state index is -0.219. The number of aromatic amines is 2. The maximum atomic E-state index is 5.58. The van der Waals surface area contributed by atoms with Crippen LogP contribution < -0.4 is 10.6 Å². The van der Waals surface area contributed by atoms with Crippen LogP contribution in [0.3, 0.4) is 0 Å². The third kappa shape index (κ3) is 4.07. The number of hydrogen-bond donors (Lipinski definition) is 4. The van der Waals surface area contributed by atoms with Crippen molar-refractivity contribution in [3.8, 4) is 46.0 Å². The number of hydrogen-bond acceptors (Lipinski definition) is 4. The number of aryl methyl sites for hydroxylation is 2. The molecule has 2 aromatic carbocycles. The lowest BCUT2D eigenvalue weighted by molar-refractivity contribution is 0.610. The fraction of sp³-hybridized carbons (Fsp3) is 0.310. The number of nitrogens with one attached hydrogen (secondary N) is 4. The number of imidazole rings is 2. The van der Waals surface area contributed by atoms with Crippen molar-refractivity contribution in [3.63, 3.8) is 0 Å². The van der Waals surface area contributed by atoms with Crippen molar-refractivity contribution < 1.29 is 0 Å². The maximum absolute atomic E-state index is 5.58. The molecule has 6 heteroatoms. The normalized spacial score (nSPS) is 17.9. The molecule has 176 valence electrons. The van der Waals surface area contributed by atoms with E-state index in [0.717, 1.165) is 60.8 Å². The Morgan fingerprint density at radius 3 is 2.63 bits per heavy atom. The Hall–Kier alpha value is -3.66. The summed E-state index contributed by atoms with van der Waals surface area (Å²) in [5, 5.41) is 6.64. The molecular weight excluding hydrogens is 432 g/mol. The molecule has 35 heavy (non-hydrogen) atoms. The van der Waals surface area contributed by atoms with E-state index < -0.39 is 0 Å². The molecule has 2 aromatic heterocycles. The molecule has 4 aromatic rings. The van der Waals surface area contributed by atoms with E-state index in [2.05, 4.69) is 74.0 Å². The third-order valence-electron chi connectivity index (χ3n) is 7.27. The Labute approximate surface area is 206 Å². The number of nitrogens with zero attached hydrogens (tertiary/aromatic N) is 2. The third-order valence-corrected chi connectivity index (χ3v) is 7.27. The summed E-state index contributed by atoms with van der Waals surface area (Å²) in [5.41, 5.74) is 9.57. The molecule has 6 nitrogen and oxygen atoms in total. The van der Waals surface area contributed by atoms with E-state index in [1.54, 1.807) is 0 Å². The van der Waals surface area contributed by atoms with Gasteiger partial charge >= 0.3 is 0 Å². The van der Waals surface area contributed by atoms with Crippen LogP contribution in [0.4, 0.5) is 0 Å². The number of terminal acetylenes is 1. The summed E-state index contributed by atoms with van der Waals surface area (Å²) in [5.74, 6) is 4.56. The Balaban J connectivity index is 1.27. The molecule has 1 aliphatic heterocycles. The predicted octanol–water partition coefficient (Wildman–Crippen LogP) is 4.94. The highest BCUT2D eigenvalue weighted by molar-refractivity contribution is 5.75. The van der Waals surface area contributed by atoms with Crippen molar-refractivity contribution >= 4 is 0 Å².